The van der Waals surface area contributed by atoms with Crippen LogP contribution in [-0.2, 0) is 4.74 Å². The summed E-state index contributed by atoms with van der Waals surface area (Å²) in [5.41, 5.74) is -0.403. The highest BCUT2D eigenvalue weighted by atomic mass is 16.6. The van der Waals surface area contributed by atoms with Crippen molar-refractivity contribution in [1.82, 2.24) is 15.1 Å². The third kappa shape index (κ3) is 5.83. The number of hydrogen-bond acceptors (Lipinski definition) is 4. The van der Waals surface area contributed by atoms with Gasteiger partial charge in [0, 0.05) is 39.3 Å². The van der Waals surface area contributed by atoms with E-state index in [1.54, 1.807) is 0 Å². The molecule has 1 aliphatic heterocycles. The fourth-order valence-corrected chi connectivity index (χ4v) is 2.72. The summed E-state index contributed by atoms with van der Waals surface area (Å²) in [4.78, 5) is 16.2. The molecule has 1 N–H and O–H groups in total. The van der Waals surface area contributed by atoms with E-state index in [4.69, 9.17) is 4.74 Å². The number of nitrogens with one attached hydrogen (secondary N) is 1. The van der Waals surface area contributed by atoms with Crippen molar-refractivity contribution in [3.05, 3.63) is 0 Å². The number of amides is 1. The van der Waals surface area contributed by atoms with Crippen molar-refractivity contribution in [1.29, 1.82) is 0 Å². The molecule has 1 saturated heterocycles. The quantitative estimate of drug-likeness (QED) is 0.788. The Morgan fingerprint density at radius 3 is 2.38 bits per heavy atom. The Balaban J connectivity index is 1.56. The van der Waals surface area contributed by atoms with Crippen LogP contribution in [0.2, 0.25) is 0 Å². The van der Waals surface area contributed by atoms with Gasteiger partial charge in [0.2, 0.25) is 0 Å². The van der Waals surface area contributed by atoms with Crippen LogP contribution in [0.15, 0.2) is 0 Å². The van der Waals surface area contributed by atoms with Gasteiger partial charge < -0.3 is 15.0 Å². The number of ether oxygens (including phenoxy) is 1. The van der Waals surface area contributed by atoms with Crippen molar-refractivity contribution in [2.45, 2.75) is 45.6 Å². The Kier molecular flexibility index (Phi) is 5.88. The van der Waals surface area contributed by atoms with E-state index >= 15 is 0 Å². The minimum absolute atomic E-state index is 0.176. The van der Waals surface area contributed by atoms with E-state index in [0.717, 1.165) is 45.2 Å². The molecular formula is C16H31N3O2. The highest BCUT2D eigenvalue weighted by Crippen LogP contribution is 2.24. The Labute approximate surface area is 129 Å². The van der Waals surface area contributed by atoms with Gasteiger partial charge in [-0.15, -0.1) is 0 Å². The molecule has 0 unspecified atom stereocenters. The maximum absolute atomic E-state index is 12.0. The van der Waals surface area contributed by atoms with Crippen molar-refractivity contribution in [3.8, 4) is 0 Å². The molecule has 0 spiro atoms. The van der Waals surface area contributed by atoms with Crippen LogP contribution in [0.25, 0.3) is 0 Å². The van der Waals surface area contributed by atoms with Crippen molar-refractivity contribution in [2.75, 3.05) is 45.8 Å². The second kappa shape index (κ2) is 7.45. The number of carbonyl (C=O) groups is 1. The van der Waals surface area contributed by atoms with Gasteiger partial charge in [0.05, 0.1) is 0 Å². The van der Waals surface area contributed by atoms with Gasteiger partial charge in [-0.05, 0) is 46.1 Å². The molecule has 0 radical (unpaired) electrons. The topological polar surface area (TPSA) is 44.8 Å². The number of hydrogen-bond donors (Lipinski definition) is 1. The Morgan fingerprint density at radius 2 is 1.86 bits per heavy atom. The summed E-state index contributed by atoms with van der Waals surface area (Å²) in [6.45, 7) is 12.5. The molecule has 122 valence electrons. The molecule has 0 aromatic heterocycles. The van der Waals surface area contributed by atoms with Gasteiger partial charge in [-0.1, -0.05) is 6.42 Å². The molecule has 0 aromatic carbocycles. The normalized spacial score (nSPS) is 21.2. The zero-order valence-corrected chi connectivity index (χ0v) is 13.9. The molecule has 1 heterocycles. The van der Waals surface area contributed by atoms with E-state index in [1.165, 1.54) is 25.8 Å². The fraction of sp³-hybridized carbons (Fsp3) is 0.938. The third-order valence-electron chi connectivity index (χ3n) is 4.29. The van der Waals surface area contributed by atoms with Crippen LogP contribution >= 0.6 is 0 Å². The van der Waals surface area contributed by atoms with Crippen molar-refractivity contribution >= 4 is 6.09 Å². The second-order valence-corrected chi connectivity index (χ2v) is 7.31. The molecule has 2 fully saturated rings. The maximum Gasteiger partial charge on any atom is 0.410 e. The molecule has 21 heavy (non-hydrogen) atoms. The highest BCUT2D eigenvalue weighted by Gasteiger charge is 2.25. The molecule has 2 rings (SSSR count). The average Bonchev–Trinajstić information content (AvgIpc) is 2.35. The van der Waals surface area contributed by atoms with Crippen LogP contribution < -0.4 is 5.32 Å². The SMILES string of the molecule is CC(C)(C)OC(=O)N1CCN(CCNCC2CCC2)CC1. The van der Waals surface area contributed by atoms with Gasteiger partial charge in [-0.2, -0.15) is 0 Å². The lowest BCUT2D eigenvalue weighted by atomic mass is 9.85. The predicted molar refractivity (Wildman–Crippen MR) is 84.5 cm³/mol. The molecule has 5 heteroatoms. The zero-order valence-electron chi connectivity index (χ0n) is 13.9. The van der Waals surface area contributed by atoms with Gasteiger partial charge in [-0.25, -0.2) is 4.79 Å². The second-order valence-electron chi connectivity index (χ2n) is 7.31. The maximum atomic E-state index is 12.0. The summed E-state index contributed by atoms with van der Waals surface area (Å²) in [5.74, 6) is 0.925. The van der Waals surface area contributed by atoms with Crippen LogP contribution in [-0.4, -0.2) is 67.3 Å². The van der Waals surface area contributed by atoms with Crippen molar-refractivity contribution in [2.24, 2.45) is 5.92 Å². The summed E-state index contributed by atoms with van der Waals surface area (Å²) < 4.78 is 5.41. The standard InChI is InChI=1S/C16H31N3O2/c1-16(2,3)21-15(20)19-11-9-18(10-12-19)8-7-17-13-14-5-4-6-14/h14,17H,4-13H2,1-3H3. The number of nitrogens with zero attached hydrogens (tertiary/aromatic N) is 2. The first kappa shape index (κ1) is 16.6. The molecular weight excluding hydrogens is 266 g/mol. The lowest BCUT2D eigenvalue weighted by Gasteiger charge is -2.35. The van der Waals surface area contributed by atoms with Crippen LogP contribution in [0, 0.1) is 5.92 Å². The summed E-state index contributed by atoms with van der Waals surface area (Å²) in [5, 5.41) is 3.55. The molecule has 1 saturated carbocycles. The minimum Gasteiger partial charge on any atom is -0.444 e. The van der Waals surface area contributed by atoms with E-state index in [9.17, 15) is 4.79 Å². The van der Waals surface area contributed by atoms with Gasteiger partial charge in [0.1, 0.15) is 5.60 Å². The smallest absolute Gasteiger partial charge is 0.410 e. The molecule has 0 aromatic rings. The summed E-state index contributed by atoms with van der Waals surface area (Å²) in [7, 11) is 0. The van der Waals surface area contributed by atoms with Gasteiger partial charge in [-0.3, -0.25) is 4.90 Å². The zero-order chi connectivity index (χ0) is 15.3. The Hall–Kier alpha value is -0.810. The van der Waals surface area contributed by atoms with E-state index in [1.807, 2.05) is 25.7 Å². The first-order valence-electron chi connectivity index (χ1n) is 8.35. The number of rotatable bonds is 5. The van der Waals surface area contributed by atoms with E-state index < -0.39 is 5.60 Å². The lowest BCUT2D eigenvalue weighted by molar-refractivity contribution is 0.0146. The summed E-state index contributed by atoms with van der Waals surface area (Å²) in [6.07, 6.45) is 4.05. The largest absolute Gasteiger partial charge is 0.444 e. The van der Waals surface area contributed by atoms with E-state index in [0.29, 0.717) is 0 Å². The van der Waals surface area contributed by atoms with Crippen LogP contribution in [0.1, 0.15) is 40.0 Å². The van der Waals surface area contributed by atoms with Crippen LogP contribution in [0.3, 0.4) is 0 Å². The Bertz CT molecular complexity index is 329. The predicted octanol–water partition coefficient (Wildman–Crippen LogP) is 1.93. The summed E-state index contributed by atoms with van der Waals surface area (Å²) >= 11 is 0. The molecule has 1 aliphatic carbocycles. The molecule has 0 bridgehead atoms. The monoisotopic (exact) mass is 297 g/mol. The van der Waals surface area contributed by atoms with Crippen LogP contribution in [0.4, 0.5) is 4.79 Å². The minimum atomic E-state index is -0.403. The number of carbonyl (C=O) groups excluding carboxylic acids is 1. The van der Waals surface area contributed by atoms with E-state index in [-0.39, 0.29) is 6.09 Å². The van der Waals surface area contributed by atoms with Crippen molar-refractivity contribution in [3.63, 3.8) is 0 Å². The highest BCUT2D eigenvalue weighted by molar-refractivity contribution is 5.68. The first-order chi connectivity index (χ1) is 9.94. The first-order valence-corrected chi connectivity index (χ1v) is 8.35. The van der Waals surface area contributed by atoms with Crippen molar-refractivity contribution < 1.29 is 9.53 Å². The Morgan fingerprint density at radius 1 is 1.19 bits per heavy atom. The molecule has 1 amide bonds. The van der Waals surface area contributed by atoms with Gasteiger partial charge >= 0.3 is 6.09 Å². The van der Waals surface area contributed by atoms with E-state index in [2.05, 4.69) is 10.2 Å². The molecule has 2 aliphatic rings. The van der Waals surface area contributed by atoms with Crippen LogP contribution in [0.5, 0.6) is 0 Å². The van der Waals surface area contributed by atoms with Gasteiger partial charge in [0.15, 0.2) is 0 Å². The summed E-state index contributed by atoms with van der Waals surface area (Å²) in [6, 6.07) is 0. The lowest BCUT2D eigenvalue weighted by Crippen LogP contribution is -2.51. The molecule has 0 atom stereocenters. The third-order valence-corrected chi connectivity index (χ3v) is 4.29. The average molecular weight is 297 g/mol. The number of piperazine rings is 1. The molecule has 5 nitrogen and oxygen atoms in total. The van der Waals surface area contributed by atoms with Gasteiger partial charge in [0.25, 0.3) is 0 Å². The fourth-order valence-electron chi connectivity index (χ4n) is 2.72.